The number of aromatic nitrogens is 2. The van der Waals surface area contributed by atoms with Gasteiger partial charge in [0.2, 0.25) is 0 Å². The van der Waals surface area contributed by atoms with E-state index in [1.54, 1.807) is 0 Å². The molecule has 1 aromatic carbocycles. The number of nitriles is 2. The number of benzene rings is 1. The van der Waals surface area contributed by atoms with Crippen LogP contribution in [0.2, 0.25) is 0 Å². The molecule has 1 aromatic heterocycles. The van der Waals surface area contributed by atoms with Crippen LogP contribution in [-0.2, 0) is 0 Å². The van der Waals surface area contributed by atoms with Gasteiger partial charge in [-0.3, -0.25) is 5.10 Å². The van der Waals surface area contributed by atoms with Gasteiger partial charge in [0.25, 0.3) is 0 Å². The van der Waals surface area contributed by atoms with E-state index in [0.717, 1.165) is 12.1 Å². The minimum Gasteiger partial charge on any atom is -0.282 e. The van der Waals surface area contributed by atoms with Crippen molar-refractivity contribution in [3.63, 3.8) is 0 Å². The van der Waals surface area contributed by atoms with E-state index >= 15 is 0 Å². The van der Waals surface area contributed by atoms with Crippen molar-refractivity contribution in [3.05, 3.63) is 40.5 Å². The molecule has 0 saturated heterocycles. The maximum Gasteiger partial charge on any atom is 0.434 e. The predicted molar refractivity (Wildman–Crippen MR) is 84.8 cm³/mol. The Labute approximate surface area is 157 Å². The number of hydrogen-bond donors (Lipinski definition) is 1. The molecule has 0 amide bonds. The highest BCUT2D eigenvalue weighted by Crippen LogP contribution is 2.47. The van der Waals surface area contributed by atoms with Crippen LogP contribution in [0.25, 0.3) is 10.9 Å². The molecule has 2 aromatic rings. The molecule has 3 rings (SSSR count). The number of halogens is 7. The lowest BCUT2D eigenvalue weighted by Crippen LogP contribution is -2.39. The van der Waals surface area contributed by atoms with Crippen molar-refractivity contribution < 1.29 is 30.7 Å². The zero-order chi connectivity index (χ0) is 21.7. The fourth-order valence-electron chi connectivity index (χ4n) is 3.19. The average Bonchev–Trinajstić information content (AvgIpc) is 2.97. The molecule has 0 radical (unpaired) electrons. The monoisotopic (exact) mass is 415 g/mol. The maximum atomic E-state index is 14.7. The first-order valence-electron chi connectivity index (χ1n) is 7.81. The largest absolute Gasteiger partial charge is 0.434 e. The van der Waals surface area contributed by atoms with E-state index in [9.17, 15) is 41.3 Å². The van der Waals surface area contributed by atoms with E-state index in [0.29, 0.717) is 5.69 Å². The van der Waals surface area contributed by atoms with Gasteiger partial charge >= 0.3 is 12.4 Å². The van der Waals surface area contributed by atoms with Crippen molar-refractivity contribution in [2.75, 3.05) is 0 Å². The molecule has 0 aliphatic carbocycles. The Morgan fingerprint density at radius 2 is 1.72 bits per heavy atom. The minimum absolute atomic E-state index is 0.0799. The maximum absolute atomic E-state index is 14.7. The summed E-state index contributed by atoms with van der Waals surface area (Å²) in [6.45, 7) is 1.50. The van der Waals surface area contributed by atoms with Gasteiger partial charge in [-0.25, -0.2) is 9.38 Å². The molecule has 29 heavy (non-hydrogen) atoms. The summed E-state index contributed by atoms with van der Waals surface area (Å²) in [5.41, 5.74) is -5.63. The molecule has 2 atom stereocenters. The molecule has 1 aliphatic heterocycles. The number of aliphatic imine (C=N–C) groups is 1. The van der Waals surface area contributed by atoms with Crippen molar-refractivity contribution in [2.45, 2.75) is 25.2 Å². The molecule has 2 unspecified atom stereocenters. The number of nitrogens with one attached hydrogen (secondary N) is 1. The number of rotatable bonds is 1. The van der Waals surface area contributed by atoms with Crippen LogP contribution < -0.4 is 0 Å². The smallest absolute Gasteiger partial charge is 0.282 e. The third kappa shape index (κ3) is 3.31. The fraction of sp³-hybridized carbons (Fsp3) is 0.294. The quantitative estimate of drug-likeness (QED) is 0.691. The van der Waals surface area contributed by atoms with E-state index in [1.165, 1.54) is 19.1 Å². The second-order valence-corrected chi connectivity index (χ2v) is 6.19. The van der Waals surface area contributed by atoms with Crippen molar-refractivity contribution in [1.82, 2.24) is 10.2 Å². The molecule has 0 spiro atoms. The third-order valence-electron chi connectivity index (χ3n) is 4.44. The van der Waals surface area contributed by atoms with Gasteiger partial charge in [-0.15, -0.1) is 0 Å². The average molecular weight is 415 g/mol. The summed E-state index contributed by atoms with van der Waals surface area (Å²) < 4.78 is 94.8. The summed E-state index contributed by atoms with van der Waals surface area (Å²) >= 11 is 0. The molecule has 12 heteroatoms. The highest BCUT2D eigenvalue weighted by atomic mass is 19.4. The normalized spacial score (nSPS) is 20.4. The van der Waals surface area contributed by atoms with Crippen LogP contribution in [0.4, 0.5) is 30.7 Å². The van der Waals surface area contributed by atoms with Crippen LogP contribution in [0.1, 0.15) is 17.2 Å². The molecule has 5 nitrogen and oxygen atoms in total. The summed E-state index contributed by atoms with van der Waals surface area (Å²) in [5.74, 6) is -5.71. The van der Waals surface area contributed by atoms with E-state index in [2.05, 4.69) is 15.2 Å². The molecule has 0 bridgehead atoms. The van der Waals surface area contributed by atoms with Crippen LogP contribution >= 0.6 is 0 Å². The molecule has 1 aliphatic rings. The van der Waals surface area contributed by atoms with Crippen molar-refractivity contribution in [3.8, 4) is 12.1 Å². The van der Waals surface area contributed by atoms with Crippen molar-refractivity contribution in [2.24, 2.45) is 10.9 Å². The van der Waals surface area contributed by atoms with Gasteiger partial charge < -0.3 is 0 Å². The number of nitrogens with zero attached hydrogens (tertiary/aromatic N) is 4. The Kier molecular flexibility index (Phi) is 4.61. The first-order chi connectivity index (χ1) is 13.4. The number of alkyl halides is 6. The van der Waals surface area contributed by atoms with Gasteiger partial charge in [-0.05, 0) is 18.6 Å². The lowest BCUT2D eigenvalue weighted by atomic mass is 9.75. The van der Waals surface area contributed by atoms with Crippen LogP contribution in [-0.4, -0.2) is 28.3 Å². The lowest BCUT2D eigenvalue weighted by Gasteiger charge is -2.30. The van der Waals surface area contributed by atoms with Crippen molar-refractivity contribution in [1.29, 1.82) is 10.5 Å². The predicted octanol–water partition coefficient (Wildman–Crippen LogP) is 4.59. The van der Waals surface area contributed by atoms with E-state index in [1.807, 2.05) is 0 Å². The number of aromatic amines is 1. The number of fused-ring (bicyclic) bond motifs is 1. The third-order valence-corrected chi connectivity index (χ3v) is 4.44. The van der Waals surface area contributed by atoms with Gasteiger partial charge in [-0.1, -0.05) is 0 Å². The Morgan fingerprint density at radius 3 is 2.24 bits per heavy atom. The first-order valence-corrected chi connectivity index (χ1v) is 7.81. The van der Waals surface area contributed by atoms with Gasteiger partial charge in [0.15, 0.2) is 5.70 Å². The van der Waals surface area contributed by atoms with E-state index in [4.69, 9.17) is 0 Å². The Morgan fingerprint density at radius 1 is 1.07 bits per heavy atom. The molecule has 2 heterocycles. The highest BCUT2D eigenvalue weighted by molar-refractivity contribution is 5.97. The van der Waals surface area contributed by atoms with Crippen LogP contribution in [0.15, 0.2) is 28.4 Å². The van der Waals surface area contributed by atoms with Crippen LogP contribution in [0, 0.1) is 41.3 Å². The molecule has 1 N–H and O–H groups in total. The zero-order valence-corrected chi connectivity index (χ0v) is 14.2. The fourth-order valence-corrected chi connectivity index (χ4v) is 3.19. The van der Waals surface area contributed by atoms with Crippen LogP contribution in [0.5, 0.6) is 0 Å². The Bertz CT molecular complexity index is 1140. The van der Waals surface area contributed by atoms with E-state index < -0.39 is 52.6 Å². The van der Waals surface area contributed by atoms with Gasteiger partial charge in [0.1, 0.15) is 17.4 Å². The number of allylic oxidation sites excluding steroid dienone is 2. The van der Waals surface area contributed by atoms with E-state index in [-0.39, 0.29) is 10.9 Å². The molecule has 150 valence electrons. The number of hydrogen-bond acceptors (Lipinski definition) is 4. The van der Waals surface area contributed by atoms with Crippen LogP contribution in [0.3, 0.4) is 0 Å². The van der Waals surface area contributed by atoms with Gasteiger partial charge in [-0.2, -0.15) is 42.0 Å². The molecule has 0 saturated carbocycles. The second-order valence-electron chi connectivity index (χ2n) is 6.19. The standard InChI is InChI=1S/C17H8F7N5/c1-6-7-2-8(11(18)3-12(7)29-28-6)13-9(4-25)14(16(19,20)21)27-15(10(13)5-26)17(22,23)24/h2-3,9,13H,1H3,(H,28,29). The molecular formula is C17H8F7N5. The zero-order valence-electron chi connectivity index (χ0n) is 14.2. The molecule has 0 fully saturated rings. The lowest BCUT2D eigenvalue weighted by molar-refractivity contribution is -0.0950. The topological polar surface area (TPSA) is 88.6 Å². The summed E-state index contributed by atoms with van der Waals surface area (Å²) in [6.07, 6.45) is -10.8. The molecular weight excluding hydrogens is 407 g/mol. The summed E-state index contributed by atoms with van der Waals surface area (Å²) in [4.78, 5) is 2.56. The summed E-state index contributed by atoms with van der Waals surface area (Å²) in [5, 5.41) is 25.1. The number of aryl methyl sites for hydroxylation is 1. The minimum atomic E-state index is -5.42. The SMILES string of the molecule is Cc1[nH]nc2cc(F)c(C3C(C#N)=C(C(F)(F)F)N=C(C(F)(F)F)C3C#N)cc12. The van der Waals surface area contributed by atoms with Crippen molar-refractivity contribution >= 4 is 16.6 Å². The second kappa shape index (κ2) is 6.58. The number of H-pyrrole nitrogens is 1. The van der Waals surface area contributed by atoms with Gasteiger partial charge in [0.05, 0.1) is 23.2 Å². The summed E-state index contributed by atoms with van der Waals surface area (Å²) in [7, 11) is 0. The highest BCUT2D eigenvalue weighted by Gasteiger charge is 2.53. The Balaban J connectivity index is 2.39. The van der Waals surface area contributed by atoms with Gasteiger partial charge in [0, 0.05) is 23.1 Å². The Hall–Kier alpha value is -3.41. The first kappa shape index (κ1) is 20.3. The summed E-state index contributed by atoms with van der Waals surface area (Å²) in [6, 6.07) is 4.21.